The van der Waals surface area contributed by atoms with E-state index in [1.165, 1.54) is 10.3 Å². The lowest BCUT2D eigenvalue weighted by Crippen LogP contribution is -2.12. The number of rotatable bonds is 5. The van der Waals surface area contributed by atoms with Crippen LogP contribution in [0.2, 0.25) is 0 Å². The van der Waals surface area contributed by atoms with Gasteiger partial charge in [-0.25, -0.2) is 17.4 Å². The van der Waals surface area contributed by atoms with Crippen molar-refractivity contribution in [2.75, 3.05) is 6.61 Å². The predicted octanol–water partition coefficient (Wildman–Crippen LogP) is 4.83. The molecule has 0 bridgehead atoms. The van der Waals surface area contributed by atoms with E-state index < -0.39 is 10.0 Å². The van der Waals surface area contributed by atoms with E-state index in [1.807, 2.05) is 57.2 Å². The Balaban J connectivity index is 1.94. The summed E-state index contributed by atoms with van der Waals surface area (Å²) in [5.74, 6) is 0.693. The molecule has 0 saturated carbocycles. The SMILES string of the molecule is CCCOc1ccc(S(=O)(=O)n2cnc3cc(C)c(C)cc32)c2ccccc12. The average molecular weight is 394 g/mol. The van der Waals surface area contributed by atoms with E-state index in [2.05, 4.69) is 4.98 Å². The maximum Gasteiger partial charge on any atom is 0.270 e. The van der Waals surface area contributed by atoms with Crippen molar-refractivity contribution in [3.63, 3.8) is 0 Å². The molecule has 4 rings (SSSR count). The van der Waals surface area contributed by atoms with Gasteiger partial charge < -0.3 is 4.74 Å². The lowest BCUT2D eigenvalue weighted by Gasteiger charge is -2.13. The Kier molecular flexibility index (Phi) is 4.59. The van der Waals surface area contributed by atoms with Gasteiger partial charge in [0.05, 0.1) is 22.5 Å². The number of ether oxygens (including phenoxy) is 1. The number of fused-ring (bicyclic) bond motifs is 2. The second-order valence-electron chi connectivity index (χ2n) is 6.93. The second kappa shape index (κ2) is 6.95. The number of aryl methyl sites for hydroxylation is 2. The normalized spacial score (nSPS) is 12.0. The van der Waals surface area contributed by atoms with Crippen LogP contribution in [0.25, 0.3) is 21.8 Å². The molecule has 6 heteroatoms. The number of hydrogen-bond donors (Lipinski definition) is 0. The summed E-state index contributed by atoms with van der Waals surface area (Å²) < 4.78 is 34.1. The minimum atomic E-state index is -3.82. The molecule has 144 valence electrons. The highest BCUT2D eigenvalue weighted by atomic mass is 32.2. The fourth-order valence-corrected chi connectivity index (χ4v) is 4.83. The van der Waals surface area contributed by atoms with E-state index in [1.54, 1.807) is 12.1 Å². The number of aromatic nitrogens is 2. The summed E-state index contributed by atoms with van der Waals surface area (Å²) in [6.45, 7) is 6.58. The Labute approximate surface area is 164 Å². The predicted molar refractivity (Wildman–Crippen MR) is 112 cm³/mol. The lowest BCUT2D eigenvalue weighted by atomic mass is 10.1. The summed E-state index contributed by atoms with van der Waals surface area (Å²) in [7, 11) is -3.82. The molecule has 0 spiro atoms. The van der Waals surface area contributed by atoms with Gasteiger partial charge in [-0.05, 0) is 55.7 Å². The van der Waals surface area contributed by atoms with Crippen molar-refractivity contribution in [3.8, 4) is 5.75 Å². The van der Waals surface area contributed by atoms with Gasteiger partial charge in [-0.3, -0.25) is 0 Å². The molecule has 0 atom stereocenters. The van der Waals surface area contributed by atoms with Gasteiger partial charge in [-0.15, -0.1) is 0 Å². The molecule has 0 N–H and O–H groups in total. The number of imidazole rings is 1. The van der Waals surface area contributed by atoms with E-state index in [0.717, 1.165) is 22.9 Å². The van der Waals surface area contributed by atoms with Crippen LogP contribution in [0, 0.1) is 13.8 Å². The molecular weight excluding hydrogens is 372 g/mol. The Morgan fingerprint density at radius 3 is 2.46 bits per heavy atom. The van der Waals surface area contributed by atoms with Crippen LogP contribution in [0.5, 0.6) is 5.75 Å². The van der Waals surface area contributed by atoms with E-state index in [4.69, 9.17) is 4.74 Å². The van der Waals surface area contributed by atoms with E-state index >= 15 is 0 Å². The summed E-state index contributed by atoms with van der Waals surface area (Å²) in [5.41, 5.74) is 3.35. The first-order valence-electron chi connectivity index (χ1n) is 9.28. The number of nitrogens with zero attached hydrogens (tertiary/aromatic N) is 2. The zero-order valence-corrected chi connectivity index (χ0v) is 17.0. The van der Waals surface area contributed by atoms with Gasteiger partial charge in [0.2, 0.25) is 0 Å². The molecule has 0 aliphatic carbocycles. The minimum absolute atomic E-state index is 0.240. The number of benzene rings is 3. The van der Waals surface area contributed by atoms with E-state index in [9.17, 15) is 8.42 Å². The third kappa shape index (κ3) is 2.94. The zero-order valence-electron chi connectivity index (χ0n) is 16.1. The van der Waals surface area contributed by atoms with Crippen LogP contribution in [-0.2, 0) is 10.0 Å². The molecule has 1 heterocycles. The standard InChI is InChI=1S/C22H22N2O3S/c1-4-11-27-21-9-10-22(18-8-6-5-7-17(18)21)28(25,26)24-14-23-19-12-15(2)16(3)13-20(19)24/h5-10,12-14H,4,11H2,1-3H3. The van der Waals surface area contributed by atoms with Gasteiger partial charge in [-0.1, -0.05) is 31.2 Å². The Morgan fingerprint density at radius 1 is 1.00 bits per heavy atom. The van der Waals surface area contributed by atoms with Crippen LogP contribution >= 0.6 is 0 Å². The summed E-state index contributed by atoms with van der Waals surface area (Å²) in [6.07, 6.45) is 2.27. The van der Waals surface area contributed by atoms with Crippen molar-refractivity contribution < 1.29 is 13.2 Å². The van der Waals surface area contributed by atoms with Crippen LogP contribution in [-0.4, -0.2) is 24.0 Å². The lowest BCUT2D eigenvalue weighted by molar-refractivity contribution is 0.321. The molecule has 4 aromatic rings. The topological polar surface area (TPSA) is 61.2 Å². The van der Waals surface area contributed by atoms with Gasteiger partial charge in [0, 0.05) is 10.8 Å². The summed E-state index contributed by atoms with van der Waals surface area (Å²) in [5, 5.41) is 1.43. The van der Waals surface area contributed by atoms with Gasteiger partial charge in [-0.2, -0.15) is 0 Å². The third-order valence-corrected chi connectivity index (χ3v) is 6.69. The quantitative estimate of drug-likeness (QED) is 0.486. The molecular formula is C22H22N2O3S. The highest BCUT2D eigenvalue weighted by Gasteiger charge is 2.23. The van der Waals surface area contributed by atoms with Gasteiger partial charge in [0.25, 0.3) is 10.0 Å². The van der Waals surface area contributed by atoms with Crippen molar-refractivity contribution in [2.45, 2.75) is 32.1 Å². The monoisotopic (exact) mass is 394 g/mol. The molecule has 0 aliphatic heterocycles. The zero-order chi connectivity index (χ0) is 19.9. The molecule has 5 nitrogen and oxygen atoms in total. The van der Waals surface area contributed by atoms with E-state index in [0.29, 0.717) is 28.8 Å². The van der Waals surface area contributed by atoms with E-state index in [-0.39, 0.29) is 4.90 Å². The van der Waals surface area contributed by atoms with Gasteiger partial charge in [0.1, 0.15) is 12.1 Å². The number of hydrogen-bond acceptors (Lipinski definition) is 4. The molecule has 0 amide bonds. The Bertz CT molecular complexity index is 1290. The molecule has 0 unspecified atom stereocenters. The molecule has 0 fully saturated rings. The molecule has 0 aliphatic rings. The van der Waals surface area contributed by atoms with Crippen LogP contribution in [0.3, 0.4) is 0 Å². The first-order valence-corrected chi connectivity index (χ1v) is 10.7. The Morgan fingerprint density at radius 2 is 1.71 bits per heavy atom. The first kappa shape index (κ1) is 18.5. The highest BCUT2D eigenvalue weighted by Crippen LogP contribution is 2.33. The van der Waals surface area contributed by atoms with Crippen molar-refractivity contribution in [1.29, 1.82) is 0 Å². The third-order valence-electron chi connectivity index (χ3n) is 4.97. The Hall–Kier alpha value is -2.86. The maximum atomic E-state index is 13.5. The molecule has 0 radical (unpaired) electrons. The maximum absolute atomic E-state index is 13.5. The van der Waals surface area contributed by atoms with Crippen LogP contribution in [0.4, 0.5) is 0 Å². The largest absolute Gasteiger partial charge is 0.493 e. The molecule has 0 saturated heterocycles. The van der Waals surface area contributed by atoms with Crippen molar-refractivity contribution in [1.82, 2.24) is 8.96 Å². The smallest absolute Gasteiger partial charge is 0.270 e. The first-order chi connectivity index (χ1) is 13.4. The van der Waals surface area contributed by atoms with Gasteiger partial charge >= 0.3 is 0 Å². The van der Waals surface area contributed by atoms with Crippen LogP contribution < -0.4 is 4.74 Å². The molecule has 3 aromatic carbocycles. The van der Waals surface area contributed by atoms with Crippen LogP contribution in [0.1, 0.15) is 24.5 Å². The van der Waals surface area contributed by atoms with Crippen molar-refractivity contribution in [2.24, 2.45) is 0 Å². The summed E-state index contributed by atoms with van der Waals surface area (Å²) in [4.78, 5) is 4.55. The highest BCUT2D eigenvalue weighted by molar-refractivity contribution is 7.90. The minimum Gasteiger partial charge on any atom is -0.493 e. The van der Waals surface area contributed by atoms with Crippen LogP contribution in [0.15, 0.2) is 59.8 Å². The van der Waals surface area contributed by atoms with Crippen molar-refractivity contribution in [3.05, 3.63) is 66.0 Å². The molecule has 28 heavy (non-hydrogen) atoms. The molecule has 1 aromatic heterocycles. The fourth-order valence-electron chi connectivity index (χ4n) is 3.35. The summed E-state index contributed by atoms with van der Waals surface area (Å²) in [6, 6.07) is 14.6. The fraction of sp³-hybridized carbons (Fsp3) is 0.227. The van der Waals surface area contributed by atoms with Gasteiger partial charge in [0.15, 0.2) is 0 Å². The average Bonchev–Trinajstić information content (AvgIpc) is 3.09. The second-order valence-corrected chi connectivity index (χ2v) is 8.71. The van der Waals surface area contributed by atoms with Crippen molar-refractivity contribution >= 4 is 31.8 Å². The summed E-state index contributed by atoms with van der Waals surface area (Å²) >= 11 is 0.